The van der Waals surface area contributed by atoms with Crippen molar-refractivity contribution in [3.63, 3.8) is 0 Å². The molecule has 1 N–H and O–H groups in total. The molecule has 0 aliphatic carbocycles. The van der Waals surface area contributed by atoms with Gasteiger partial charge in [0.25, 0.3) is 0 Å². The van der Waals surface area contributed by atoms with Crippen molar-refractivity contribution in [2.75, 3.05) is 6.54 Å². The maximum absolute atomic E-state index is 12.1. The molecule has 1 heterocycles. The SMILES string of the molecule is CC(C)Oc1ccc(S(=O)(=O)NCCc2cscn2)cc1. The van der Waals surface area contributed by atoms with Crippen molar-refractivity contribution < 1.29 is 13.2 Å². The fraction of sp³-hybridized carbons (Fsp3) is 0.357. The van der Waals surface area contributed by atoms with Crippen molar-refractivity contribution >= 4 is 21.4 Å². The van der Waals surface area contributed by atoms with E-state index in [1.807, 2.05) is 19.2 Å². The van der Waals surface area contributed by atoms with Crippen LogP contribution in [-0.4, -0.2) is 26.1 Å². The van der Waals surface area contributed by atoms with E-state index in [1.165, 1.54) is 11.3 Å². The van der Waals surface area contributed by atoms with Crippen LogP contribution in [0.25, 0.3) is 0 Å². The molecule has 0 fully saturated rings. The Bertz CT molecular complexity index is 650. The van der Waals surface area contributed by atoms with Crippen LogP contribution in [0.2, 0.25) is 0 Å². The second-order valence-electron chi connectivity index (χ2n) is 4.77. The van der Waals surface area contributed by atoms with E-state index in [0.717, 1.165) is 5.69 Å². The summed E-state index contributed by atoms with van der Waals surface area (Å²) in [6.07, 6.45) is 0.640. The fourth-order valence-electron chi connectivity index (χ4n) is 1.73. The molecule has 0 saturated carbocycles. The van der Waals surface area contributed by atoms with E-state index in [0.29, 0.717) is 18.7 Å². The third kappa shape index (κ3) is 4.80. The normalized spacial score (nSPS) is 11.8. The fourth-order valence-corrected chi connectivity index (χ4v) is 3.35. The Morgan fingerprint density at radius 1 is 1.29 bits per heavy atom. The van der Waals surface area contributed by atoms with Crippen LogP contribution in [-0.2, 0) is 16.4 Å². The molecule has 2 aromatic rings. The highest BCUT2D eigenvalue weighted by molar-refractivity contribution is 7.89. The standard InChI is InChI=1S/C14H18N2O3S2/c1-11(2)19-13-3-5-14(6-4-13)21(17,18)16-8-7-12-9-20-10-15-12/h3-6,9-11,16H,7-8H2,1-2H3. The van der Waals surface area contributed by atoms with Gasteiger partial charge in [-0.05, 0) is 38.1 Å². The minimum atomic E-state index is -3.49. The molecule has 0 amide bonds. The molecule has 0 atom stereocenters. The first-order valence-corrected chi connectivity index (χ1v) is 9.03. The lowest BCUT2D eigenvalue weighted by Gasteiger charge is -2.10. The Hall–Kier alpha value is -1.44. The average molecular weight is 326 g/mol. The van der Waals surface area contributed by atoms with Gasteiger partial charge in [0.05, 0.1) is 22.2 Å². The predicted molar refractivity (Wildman–Crippen MR) is 83.2 cm³/mol. The van der Waals surface area contributed by atoms with Crippen molar-refractivity contribution in [2.24, 2.45) is 0 Å². The molecule has 0 unspecified atom stereocenters. The highest BCUT2D eigenvalue weighted by Crippen LogP contribution is 2.17. The van der Waals surface area contributed by atoms with Gasteiger partial charge in [-0.3, -0.25) is 0 Å². The number of hydrogen-bond donors (Lipinski definition) is 1. The number of thiazole rings is 1. The van der Waals surface area contributed by atoms with Gasteiger partial charge in [0.15, 0.2) is 0 Å². The van der Waals surface area contributed by atoms with Crippen LogP contribution >= 0.6 is 11.3 Å². The Balaban J connectivity index is 1.95. The monoisotopic (exact) mass is 326 g/mol. The molecule has 0 bridgehead atoms. The number of nitrogens with zero attached hydrogens (tertiary/aromatic N) is 1. The molecule has 1 aromatic carbocycles. The van der Waals surface area contributed by atoms with Crippen LogP contribution in [0.5, 0.6) is 5.75 Å². The van der Waals surface area contributed by atoms with E-state index in [-0.39, 0.29) is 11.0 Å². The van der Waals surface area contributed by atoms with Gasteiger partial charge in [0.1, 0.15) is 5.75 Å². The van der Waals surface area contributed by atoms with E-state index in [2.05, 4.69) is 9.71 Å². The second-order valence-corrected chi connectivity index (χ2v) is 7.25. The van der Waals surface area contributed by atoms with Crippen LogP contribution in [0.15, 0.2) is 40.1 Å². The maximum Gasteiger partial charge on any atom is 0.240 e. The van der Waals surface area contributed by atoms with Gasteiger partial charge in [0.2, 0.25) is 10.0 Å². The second kappa shape index (κ2) is 7.02. The summed E-state index contributed by atoms with van der Waals surface area (Å²) in [6, 6.07) is 6.41. The Morgan fingerprint density at radius 2 is 2.00 bits per heavy atom. The van der Waals surface area contributed by atoms with Gasteiger partial charge in [-0.1, -0.05) is 0 Å². The van der Waals surface area contributed by atoms with Gasteiger partial charge < -0.3 is 4.74 Å². The van der Waals surface area contributed by atoms with Gasteiger partial charge in [0, 0.05) is 18.3 Å². The zero-order valence-corrected chi connectivity index (χ0v) is 13.6. The minimum Gasteiger partial charge on any atom is -0.491 e. The zero-order valence-electron chi connectivity index (χ0n) is 11.9. The molecule has 2 rings (SSSR count). The van der Waals surface area contributed by atoms with Gasteiger partial charge in [-0.25, -0.2) is 18.1 Å². The topological polar surface area (TPSA) is 68.3 Å². The lowest BCUT2D eigenvalue weighted by molar-refractivity contribution is 0.242. The third-order valence-electron chi connectivity index (χ3n) is 2.66. The summed E-state index contributed by atoms with van der Waals surface area (Å²) in [7, 11) is -3.49. The Kier molecular flexibility index (Phi) is 5.33. The molecule has 21 heavy (non-hydrogen) atoms. The summed E-state index contributed by atoms with van der Waals surface area (Å²) in [6.45, 7) is 4.17. The van der Waals surface area contributed by atoms with Crippen molar-refractivity contribution in [2.45, 2.75) is 31.3 Å². The van der Waals surface area contributed by atoms with Crippen LogP contribution in [0.4, 0.5) is 0 Å². The molecule has 0 aliphatic rings. The highest BCUT2D eigenvalue weighted by Gasteiger charge is 2.13. The van der Waals surface area contributed by atoms with Crippen molar-refractivity contribution in [1.82, 2.24) is 9.71 Å². The number of sulfonamides is 1. The number of ether oxygens (including phenoxy) is 1. The summed E-state index contributed by atoms with van der Waals surface area (Å²) in [5, 5.41) is 1.91. The Morgan fingerprint density at radius 3 is 2.57 bits per heavy atom. The first-order chi connectivity index (χ1) is 9.97. The number of benzene rings is 1. The molecule has 0 saturated heterocycles. The Labute approximate surface area is 129 Å². The van der Waals surface area contributed by atoms with Crippen LogP contribution in [0.3, 0.4) is 0 Å². The summed E-state index contributed by atoms with van der Waals surface area (Å²) < 4.78 is 32.3. The number of hydrogen-bond acceptors (Lipinski definition) is 5. The largest absolute Gasteiger partial charge is 0.491 e. The quantitative estimate of drug-likeness (QED) is 0.848. The van der Waals surface area contributed by atoms with Crippen LogP contribution in [0.1, 0.15) is 19.5 Å². The van der Waals surface area contributed by atoms with E-state index in [9.17, 15) is 8.42 Å². The van der Waals surface area contributed by atoms with Crippen molar-refractivity contribution in [3.8, 4) is 5.75 Å². The molecule has 114 valence electrons. The third-order valence-corrected chi connectivity index (χ3v) is 4.77. The molecule has 5 nitrogen and oxygen atoms in total. The highest BCUT2D eigenvalue weighted by atomic mass is 32.2. The lowest BCUT2D eigenvalue weighted by Crippen LogP contribution is -2.26. The predicted octanol–water partition coefficient (Wildman–Crippen LogP) is 2.45. The van der Waals surface area contributed by atoms with Gasteiger partial charge >= 0.3 is 0 Å². The summed E-state index contributed by atoms with van der Waals surface area (Å²) in [5.41, 5.74) is 2.63. The minimum absolute atomic E-state index is 0.0590. The van der Waals surface area contributed by atoms with Crippen molar-refractivity contribution in [3.05, 3.63) is 40.8 Å². The average Bonchev–Trinajstić information content (AvgIpc) is 2.91. The lowest BCUT2D eigenvalue weighted by atomic mass is 10.3. The summed E-state index contributed by atoms with van der Waals surface area (Å²) in [4.78, 5) is 4.35. The molecule has 0 radical (unpaired) electrons. The summed E-state index contributed by atoms with van der Waals surface area (Å²) in [5.74, 6) is 0.659. The smallest absolute Gasteiger partial charge is 0.240 e. The molecule has 1 aromatic heterocycles. The van der Waals surface area contributed by atoms with Crippen LogP contribution in [0, 0.1) is 0 Å². The first-order valence-electron chi connectivity index (χ1n) is 6.61. The number of nitrogens with one attached hydrogen (secondary N) is 1. The maximum atomic E-state index is 12.1. The van der Waals surface area contributed by atoms with E-state index >= 15 is 0 Å². The molecular formula is C14H18N2O3S2. The molecule has 0 aliphatic heterocycles. The number of rotatable bonds is 7. The zero-order chi connectivity index (χ0) is 15.3. The molecule has 0 spiro atoms. The molecule has 7 heteroatoms. The van der Waals surface area contributed by atoms with Gasteiger partial charge in [-0.15, -0.1) is 11.3 Å². The van der Waals surface area contributed by atoms with Gasteiger partial charge in [-0.2, -0.15) is 0 Å². The summed E-state index contributed by atoms with van der Waals surface area (Å²) >= 11 is 1.50. The first kappa shape index (κ1) is 15.9. The van der Waals surface area contributed by atoms with E-state index in [4.69, 9.17) is 4.74 Å². The molecular weight excluding hydrogens is 308 g/mol. The van der Waals surface area contributed by atoms with Crippen molar-refractivity contribution in [1.29, 1.82) is 0 Å². The number of aromatic nitrogens is 1. The van der Waals surface area contributed by atoms with E-state index in [1.54, 1.807) is 29.8 Å². The van der Waals surface area contributed by atoms with Crippen LogP contribution < -0.4 is 9.46 Å². The van der Waals surface area contributed by atoms with E-state index < -0.39 is 10.0 Å².